The summed E-state index contributed by atoms with van der Waals surface area (Å²) in [7, 11) is 1.88. The molecule has 14 heavy (non-hydrogen) atoms. The van der Waals surface area contributed by atoms with E-state index in [0.29, 0.717) is 5.69 Å². The fraction of sp³-hybridized carbons (Fsp3) is 0.636. The number of hydrogen-bond donors (Lipinski definition) is 0. The number of aromatic nitrogens is 2. The fourth-order valence-corrected chi connectivity index (χ4v) is 2.08. The van der Waals surface area contributed by atoms with Gasteiger partial charge >= 0.3 is 0 Å². The van der Waals surface area contributed by atoms with Crippen LogP contribution in [0.15, 0.2) is 6.07 Å². The van der Waals surface area contributed by atoms with E-state index in [9.17, 15) is 4.79 Å². The molecule has 0 N–H and O–H groups in total. The smallest absolute Gasteiger partial charge is 0.186 e. The van der Waals surface area contributed by atoms with Crippen molar-refractivity contribution >= 4 is 5.78 Å². The van der Waals surface area contributed by atoms with E-state index in [1.54, 1.807) is 4.68 Å². The van der Waals surface area contributed by atoms with Gasteiger partial charge in [-0.05, 0) is 25.8 Å². The maximum absolute atomic E-state index is 11.9. The molecule has 2 rings (SSSR count). The highest BCUT2D eigenvalue weighted by Gasteiger charge is 2.25. The zero-order chi connectivity index (χ0) is 10.1. The molecule has 76 valence electrons. The molecule has 0 aromatic carbocycles. The summed E-state index contributed by atoms with van der Waals surface area (Å²) in [5.41, 5.74) is 1.70. The Hall–Kier alpha value is -1.12. The zero-order valence-corrected chi connectivity index (χ0v) is 8.79. The van der Waals surface area contributed by atoms with Crippen molar-refractivity contribution in [2.24, 2.45) is 13.0 Å². The van der Waals surface area contributed by atoms with Crippen LogP contribution in [0, 0.1) is 12.8 Å². The lowest BCUT2D eigenvalue weighted by atomic mass is 10.0. The minimum Gasteiger partial charge on any atom is -0.292 e. The summed E-state index contributed by atoms with van der Waals surface area (Å²) >= 11 is 0. The summed E-state index contributed by atoms with van der Waals surface area (Å²) < 4.78 is 1.77. The lowest BCUT2D eigenvalue weighted by molar-refractivity contribution is 0.0917. The molecule has 0 unspecified atom stereocenters. The van der Waals surface area contributed by atoms with Crippen molar-refractivity contribution < 1.29 is 4.79 Å². The highest BCUT2D eigenvalue weighted by atomic mass is 16.1. The molecule has 1 aliphatic rings. The van der Waals surface area contributed by atoms with Crippen molar-refractivity contribution in [1.29, 1.82) is 0 Å². The Morgan fingerprint density at radius 1 is 1.50 bits per heavy atom. The second kappa shape index (κ2) is 3.56. The third-order valence-corrected chi connectivity index (χ3v) is 3.09. The van der Waals surface area contributed by atoms with Gasteiger partial charge in [-0.25, -0.2) is 0 Å². The molecular weight excluding hydrogens is 176 g/mol. The van der Waals surface area contributed by atoms with Crippen LogP contribution in [0.4, 0.5) is 0 Å². The predicted octanol–water partition coefficient (Wildman–Crippen LogP) is 2.10. The van der Waals surface area contributed by atoms with Crippen LogP contribution in [0.3, 0.4) is 0 Å². The summed E-state index contributed by atoms with van der Waals surface area (Å²) in [6.45, 7) is 1.97. The normalized spacial score (nSPS) is 17.6. The van der Waals surface area contributed by atoms with Gasteiger partial charge in [0.2, 0.25) is 0 Å². The monoisotopic (exact) mass is 192 g/mol. The predicted molar refractivity (Wildman–Crippen MR) is 54.2 cm³/mol. The minimum absolute atomic E-state index is 0.240. The van der Waals surface area contributed by atoms with Gasteiger partial charge in [0.15, 0.2) is 5.78 Å². The molecule has 3 heteroatoms. The van der Waals surface area contributed by atoms with Crippen molar-refractivity contribution in [3.05, 3.63) is 17.5 Å². The molecule has 1 saturated carbocycles. The molecule has 0 aliphatic heterocycles. The quantitative estimate of drug-likeness (QED) is 0.672. The number of carbonyl (C=O) groups is 1. The van der Waals surface area contributed by atoms with E-state index >= 15 is 0 Å². The Kier molecular flexibility index (Phi) is 2.40. The number of hydrogen-bond acceptors (Lipinski definition) is 2. The van der Waals surface area contributed by atoms with Crippen LogP contribution < -0.4 is 0 Å². The van der Waals surface area contributed by atoms with E-state index < -0.39 is 0 Å². The average Bonchev–Trinajstić information content (AvgIpc) is 2.76. The Morgan fingerprint density at radius 3 is 2.64 bits per heavy atom. The van der Waals surface area contributed by atoms with Gasteiger partial charge in [-0.2, -0.15) is 5.10 Å². The summed E-state index contributed by atoms with van der Waals surface area (Å²) in [5.74, 6) is 0.482. The van der Waals surface area contributed by atoms with Crippen LogP contribution in [0.5, 0.6) is 0 Å². The second-order valence-electron chi connectivity index (χ2n) is 4.14. The molecule has 1 fully saturated rings. The molecule has 0 bridgehead atoms. The molecule has 1 heterocycles. The zero-order valence-electron chi connectivity index (χ0n) is 8.79. The van der Waals surface area contributed by atoms with E-state index in [1.807, 2.05) is 20.0 Å². The molecule has 0 saturated heterocycles. The van der Waals surface area contributed by atoms with E-state index in [-0.39, 0.29) is 11.7 Å². The highest BCUT2D eigenvalue weighted by Crippen LogP contribution is 2.27. The number of rotatable bonds is 2. The number of ketones is 1. The molecular formula is C11H16N2O. The summed E-state index contributed by atoms with van der Waals surface area (Å²) in [6.07, 6.45) is 4.49. The van der Waals surface area contributed by atoms with Crippen LogP contribution in [0.1, 0.15) is 41.9 Å². The van der Waals surface area contributed by atoms with Crippen LogP contribution >= 0.6 is 0 Å². The van der Waals surface area contributed by atoms with Gasteiger partial charge in [0, 0.05) is 18.7 Å². The maximum atomic E-state index is 11.9. The first kappa shape index (κ1) is 9.44. The maximum Gasteiger partial charge on any atom is 0.186 e. The lowest BCUT2D eigenvalue weighted by Gasteiger charge is -2.03. The highest BCUT2D eigenvalue weighted by molar-refractivity contribution is 5.96. The molecule has 1 aromatic heterocycles. The first-order chi connectivity index (χ1) is 6.68. The van der Waals surface area contributed by atoms with Crippen LogP contribution in [0.25, 0.3) is 0 Å². The van der Waals surface area contributed by atoms with Crippen molar-refractivity contribution in [2.75, 3.05) is 0 Å². The third kappa shape index (κ3) is 1.59. The van der Waals surface area contributed by atoms with Gasteiger partial charge in [-0.1, -0.05) is 12.8 Å². The topological polar surface area (TPSA) is 34.9 Å². The van der Waals surface area contributed by atoms with Gasteiger partial charge in [0.1, 0.15) is 5.69 Å². The van der Waals surface area contributed by atoms with Crippen molar-refractivity contribution in [3.8, 4) is 0 Å². The molecule has 3 nitrogen and oxygen atoms in total. The molecule has 0 spiro atoms. The standard InChI is InChI=1S/C11H16N2O/c1-8-7-10(12-13(8)2)11(14)9-5-3-4-6-9/h7,9H,3-6H2,1-2H3. The van der Waals surface area contributed by atoms with Crippen molar-refractivity contribution in [1.82, 2.24) is 9.78 Å². The van der Waals surface area contributed by atoms with Crippen molar-refractivity contribution in [2.45, 2.75) is 32.6 Å². The Bertz CT molecular complexity index is 329. The summed E-state index contributed by atoms with van der Waals surface area (Å²) in [4.78, 5) is 11.9. The van der Waals surface area contributed by atoms with Crippen molar-refractivity contribution in [3.63, 3.8) is 0 Å². The molecule has 1 aromatic rings. The SMILES string of the molecule is Cc1cc(C(=O)C2CCCC2)nn1C. The van der Waals surface area contributed by atoms with E-state index in [4.69, 9.17) is 0 Å². The minimum atomic E-state index is 0.240. The Balaban J connectivity index is 2.18. The molecule has 1 aliphatic carbocycles. The Labute approximate surface area is 84.1 Å². The van der Waals surface area contributed by atoms with E-state index in [2.05, 4.69) is 5.10 Å². The molecule has 0 radical (unpaired) electrons. The summed E-state index contributed by atoms with van der Waals surface area (Å²) in [6, 6.07) is 1.89. The first-order valence-electron chi connectivity index (χ1n) is 5.23. The third-order valence-electron chi connectivity index (χ3n) is 3.09. The molecule has 0 atom stereocenters. The number of carbonyl (C=O) groups excluding carboxylic acids is 1. The largest absolute Gasteiger partial charge is 0.292 e. The van der Waals surface area contributed by atoms with Gasteiger partial charge in [-0.3, -0.25) is 9.48 Å². The second-order valence-corrected chi connectivity index (χ2v) is 4.14. The fourth-order valence-electron chi connectivity index (χ4n) is 2.08. The lowest BCUT2D eigenvalue weighted by Crippen LogP contribution is -2.11. The van der Waals surface area contributed by atoms with E-state index in [0.717, 1.165) is 18.5 Å². The number of nitrogens with zero attached hydrogens (tertiary/aromatic N) is 2. The average molecular weight is 192 g/mol. The Morgan fingerprint density at radius 2 is 2.14 bits per heavy atom. The molecule has 0 amide bonds. The number of Topliss-reactive ketones (excluding diaryl/α,β-unsaturated/α-hetero) is 1. The van der Waals surface area contributed by atoms with Gasteiger partial charge < -0.3 is 0 Å². The first-order valence-corrected chi connectivity index (χ1v) is 5.23. The van der Waals surface area contributed by atoms with Gasteiger partial charge in [0.25, 0.3) is 0 Å². The van der Waals surface area contributed by atoms with Gasteiger partial charge in [-0.15, -0.1) is 0 Å². The number of aryl methyl sites for hydroxylation is 2. The van der Waals surface area contributed by atoms with Gasteiger partial charge in [0.05, 0.1) is 0 Å². The van der Waals surface area contributed by atoms with Crippen LogP contribution in [-0.2, 0) is 7.05 Å². The van der Waals surface area contributed by atoms with E-state index in [1.165, 1.54) is 12.8 Å². The summed E-state index contributed by atoms with van der Waals surface area (Å²) in [5, 5.41) is 4.22. The van der Waals surface area contributed by atoms with Crippen LogP contribution in [-0.4, -0.2) is 15.6 Å². The van der Waals surface area contributed by atoms with Crippen LogP contribution in [0.2, 0.25) is 0 Å².